The summed E-state index contributed by atoms with van der Waals surface area (Å²) in [5.41, 5.74) is -1.11. The van der Waals surface area contributed by atoms with Crippen LogP contribution in [0.5, 0.6) is 0 Å². The van der Waals surface area contributed by atoms with Crippen molar-refractivity contribution in [3.63, 3.8) is 0 Å². The second-order valence-corrected chi connectivity index (χ2v) is 4.99. The van der Waals surface area contributed by atoms with Crippen LogP contribution in [0.15, 0.2) is 22.7 Å². The summed E-state index contributed by atoms with van der Waals surface area (Å²) in [4.78, 5) is 11.2. The molecular weight excluding hydrogens is 279 g/mol. The summed E-state index contributed by atoms with van der Waals surface area (Å²) in [5.74, 6) is -1.64. The highest BCUT2D eigenvalue weighted by molar-refractivity contribution is 9.10. The summed E-state index contributed by atoms with van der Waals surface area (Å²) in [6, 6.07) is 4.30. The zero-order valence-electron chi connectivity index (χ0n) is 8.28. The molecule has 0 aliphatic heterocycles. The van der Waals surface area contributed by atoms with Gasteiger partial charge < -0.3 is 10.2 Å². The SMILES string of the molecule is O=C(O)C1(c2ccc(Br)cc2F)CC(O)C1. The van der Waals surface area contributed by atoms with Gasteiger partial charge in [-0.1, -0.05) is 22.0 Å². The third-order valence-corrected chi connectivity index (χ3v) is 3.52. The molecule has 0 bridgehead atoms. The average Bonchev–Trinajstić information content (AvgIpc) is 2.12. The Bertz CT molecular complexity index is 441. The fourth-order valence-corrected chi connectivity index (χ4v) is 2.47. The van der Waals surface area contributed by atoms with E-state index in [-0.39, 0.29) is 18.4 Å². The molecule has 0 atom stereocenters. The minimum absolute atomic E-state index is 0.0703. The van der Waals surface area contributed by atoms with Gasteiger partial charge in [0.1, 0.15) is 11.2 Å². The molecule has 0 radical (unpaired) electrons. The quantitative estimate of drug-likeness (QED) is 0.876. The molecule has 0 heterocycles. The van der Waals surface area contributed by atoms with Crippen molar-refractivity contribution in [3.05, 3.63) is 34.1 Å². The first-order valence-corrected chi connectivity index (χ1v) is 5.62. The maximum absolute atomic E-state index is 13.7. The molecule has 1 aromatic carbocycles. The van der Waals surface area contributed by atoms with Gasteiger partial charge in [0.25, 0.3) is 0 Å². The molecule has 5 heteroatoms. The number of hydrogen-bond donors (Lipinski definition) is 2. The summed E-state index contributed by atoms with van der Waals surface area (Å²) < 4.78 is 14.2. The summed E-state index contributed by atoms with van der Waals surface area (Å²) in [5, 5.41) is 18.4. The second-order valence-electron chi connectivity index (χ2n) is 4.07. The predicted molar refractivity (Wildman–Crippen MR) is 58.7 cm³/mol. The van der Waals surface area contributed by atoms with Gasteiger partial charge >= 0.3 is 5.97 Å². The summed E-state index contributed by atoms with van der Waals surface area (Å²) in [6.45, 7) is 0. The van der Waals surface area contributed by atoms with E-state index >= 15 is 0 Å². The van der Waals surface area contributed by atoms with E-state index in [1.165, 1.54) is 12.1 Å². The molecule has 1 aromatic rings. The predicted octanol–water partition coefficient (Wildman–Crippen LogP) is 2.07. The molecule has 86 valence electrons. The van der Waals surface area contributed by atoms with Crippen LogP contribution in [-0.4, -0.2) is 22.3 Å². The number of carboxylic acid groups (broad SMARTS) is 1. The van der Waals surface area contributed by atoms with Gasteiger partial charge in [0.05, 0.1) is 6.10 Å². The van der Waals surface area contributed by atoms with Crippen molar-refractivity contribution >= 4 is 21.9 Å². The Labute approximate surface area is 100 Å². The third-order valence-electron chi connectivity index (χ3n) is 3.02. The van der Waals surface area contributed by atoms with Crippen LogP contribution in [0.25, 0.3) is 0 Å². The standard InChI is InChI=1S/C11H10BrFO3/c12-6-1-2-8(9(13)3-6)11(10(15)16)4-7(14)5-11/h1-3,7,14H,4-5H2,(H,15,16). The monoisotopic (exact) mass is 288 g/mol. The topological polar surface area (TPSA) is 57.5 Å². The fourth-order valence-electron chi connectivity index (χ4n) is 2.13. The zero-order chi connectivity index (χ0) is 11.9. The molecule has 1 fully saturated rings. The molecule has 3 nitrogen and oxygen atoms in total. The minimum atomic E-state index is -1.26. The Kier molecular flexibility index (Phi) is 2.75. The molecule has 1 aliphatic carbocycles. The Balaban J connectivity index is 2.45. The summed E-state index contributed by atoms with van der Waals surface area (Å²) >= 11 is 3.12. The van der Waals surface area contributed by atoms with E-state index < -0.39 is 23.3 Å². The van der Waals surface area contributed by atoms with E-state index in [9.17, 15) is 14.3 Å². The van der Waals surface area contributed by atoms with Crippen molar-refractivity contribution in [2.24, 2.45) is 0 Å². The number of carboxylic acids is 1. The van der Waals surface area contributed by atoms with Crippen LogP contribution in [0.4, 0.5) is 4.39 Å². The number of benzene rings is 1. The van der Waals surface area contributed by atoms with E-state index in [1.807, 2.05) is 0 Å². The van der Waals surface area contributed by atoms with E-state index in [0.29, 0.717) is 4.47 Å². The number of aliphatic hydroxyl groups excluding tert-OH is 1. The van der Waals surface area contributed by atoms with Gasteiger partial charge in [0.15, 0.2) is 0 Å². The Morgan fingerprint density at radius 2 is 2.12 bits per heavy atom. The summed E-state index contributed by atoms with van der Waals surface area (Å²) in [6.07, 6.45) is -0.513. The minimum Gasteiger partial charge on any atom is -0.481 e. The van der Waals surface area contributed by atoms with Gasteiger partial charge in [-0.05, 0) is 25.0 Å². The lowest BCUT2D eigenvalue weighted by atomic mass is 9.62. The van der Waals surface area contributed by atoms with E-state index in [4.69, 9.17) is 5.11 Å². The summed E-state index contributed by atoms with van der Waals surface area (Å²) in [7, 11) is 0. The Morgan fingerprint density at radius 1 is 1.50 bits per heavy atom. The number of hydrogen-bond acceptors (Lipinski definition) is 2. The molecule has 1 aliphatic rings. The molecule has 2 rings (SSSR count). The lowest BCUT2D eigenvalue weighted by molar-refractivity contribution is -0.153. The Hall–Kier alpha value is -0.940. The highest BCUT2D eigenvalue weighted by atomic mass is 79.9. The number of aliphatic carboxylic acids is 1. The lowest BCUT2D eigenvalue weighted by Gasteiger charge is -2.42. The smallest absolute Gasteiger partial charge is 0.314 e. The molecule has 0 unspecified atom stereocenters. The average molecular weight is 289 g/mol. The van der Waals surface area contributed by atoms with E-state index in [1.54, 1.807) is 6.07 Å². The van der Waals surface area contributed by atoms with Gasteiger partial charge in [-0.25, -0.2) is 4.39 Å². The lowest BCUT2D eigenvalue weighted by Crippen LogP contribution is -2.51. The molecule has 0 saturated heterocycles. The van der Waals surface area contributed by atoms with Gasteiger partial charge in [-0.15, -0.1) is 0 Å². The molecule has 16 heavy (non-hydrogen) atoms. The van der Waals surface area contributed by atoms with Crippen molar-refractivity contribution in [1.82, 2.24) is 0 Å². The van der Waals surface area contributed by atoms with E-state index in [2.05, 4.69) is 15.9 Å². The van der Waals surface area contributed by atoms with Crippen LogP contribution in [0.2, 0.25) is 0 Å². The van der Waals surface area contributed by atoms with E-state index in [0.717, 1.165) is 0 Å². The molecule has 0 amide bonds. The van der Waals surface area contributed by atoms with Crippen LogP contribution in [0.3, 0.4) is 0 Å². The number of aliphatic hydroxyl groups is 1. The molecule has 1 saturated carbocycles. The highest BCUT2D eigenvalue weighted by Gasteiger charge is 2.52. The normalized spacial score (nSPS) is 28.6. The molecule has 2 N–H and O–H groups in total. The van der Waals surface area contributed by atoms with Gasteiger partial charge in [-0.3, -0.25) is 4.79 Å². The van der Waals surface area contributed by atoms with Crippen molar-refractivity contribution in [2.75, 3.05) is 0 Å². The van der Waals surface area contributed by atoms with Crippen LogP contribution in [-0.2, 0) is 10.2 Å². The zero-order valence-corrected chi connectivity index (χ0v) is 9.87. The third kappa shape index (κ3) is 1.64. The molecule has 0 spiro atoms. The van der Waals surface area contributed by atoms with Crippen molar-refractivity contribution in [1.29, 1.82) is 0 Å². The van der Waals surface area contributed by atoms with Gasteiger partial charge in [0, 0.05) is 10.0 Å². The highest BCUT2D eigenvalue weighted by Crippen LogP contribution is 2.45. The van der Waals surface area contributed by atoms with Crippen LogP contribution in [0.1, 0.15) is 18.4 Å². The maximum atomic E-state index is 13.7. The van der Waals surface area contributed by atoms with Crippen molar-refractivity contribution in [3.8, 4) is 0 Å². The Morgan fingerprint density at radius 3 is 2.56 bits per heavy atom. The van der Waals surface area contributed by atoms with Crippen LogP contribution >= 0.6 is 15.9 Å². The van der Waals surface area contributed by atoms with Crippen molar-refractivity contribution in [2.45, 2.75) is 24.4 Å². The molecular formula is C11H10BrFO3. The maximum Gasteiger partial charge on any atom is 0.314 e. The van der Waals surface area contributed by atoms with Gasteiger partial charge in [0.2, 0.25) is 0 Å². The van der Waals surface area contributed by atoms with Crippen molar-refractivity contribution < 1.29 is 19.4 Å². The first-order valence-electron chi connectivity index (χ1n) is 4.83. The van der Waals surface area contributed by atoms with Gasteiger partial charge in [-0.2, -0.15) is 0 Å². The fraction of sp³-hybridized carbons (Fsp3) is 0.364. The molecule has 0 aromatic heterocycles. The number of halogens is 2. The largest absolute Gasteiger partial charge is 0.481 e. The van der Waals surface area contributed by atoms with Crippen LogP contribution < -0.4 is 0 Å². The van der Waals surface area contributed by atoms with Crippen LogP contribution in [0, 0.1) is 5.82 Å². The number of carbonyl (C=O) groups is 1. The first kappa shape index (κ1) is 11.5. The second kappa shape index (κ2) is 3.82. The first-order chi connectivity index (χ1) is 7.45. The number of rotatable bonds is 2.